The fourth-order valence-corrected chi connectivity index (χ4v) is 2.49. The number of amides is 2. The molecule has 130 valence electrons. The van der Waals surface area contributed by atoms with Gasteiger partial charge in [0.1, 0.15) is 5.82 Å². The van der Waals surface area contributed by atoms with Crippen molar-refractivity contribution < 1.29 is 13.9 Å². The first-order valence-corrected chi connectivity index (χ1v) is 7.75. The number of ether oxygens (including phenoxy) is 1. The summed E-state index contributed by atoms with van der Waals surface area (Å²) in [4.78, 5) is 12.1. The van der Waals surface area contributed by atoms with E-state index in [0.717, 1.165) is 17.0 Å². The van der Waals surface area contributed by atoms with Crippen molar-refractivity contribution in [1.29, 1.82) is 0 Å². The van der Waals surface area contributed by atoms with Gasteiger partial charge in [-0.3, -0.25) is 4.68 Å². The topological polar surface area (TPSA) is 68.2 Å². The van der Waals surface area contributed by atoms with Gasteiger partial charge in [0.25, 0.3) is 0 Å². The molecule has 2 N–H and O–H groups in total. The molecular weight excluding hydrogens is 311 g/mol. The Balaban J connectivity index is 1.97. The van der Waals surface area contributed by atoms with E-state index in [4.69, 9.17) is 4.74 Å². The van der Waals surface area contributed by atoms with Gasteiger partial charge in [0.2, 0.25) is 0 Å². The molecule has 0 aliphatic carbocycles. The lowest BCUT2D eigenvalue weighted by Gasteiger charge is -2.10. The summed E-state index contributed by atoms with van der Waals surface area (Å²) in [5.41, 5.74) is 4.12. The number of carbonyl (C=O) groups excluding carboxylic acids is 1. The summed E-state index contributed by atoms with van der Waals surface area (Å²) >= 11 is 0. The number of hydrogen-bond acceptors (Lipinski definition) is 3. The van der Waals surface area contributed by atoms with Gasteiger partial charge < -0.3 is 15.4 Å². The van der Waals surface area contributed by atoms with E-state index in [1.165, 1.54) is 12.1 Å². The standard InChI is InChI=1S/C17H23FN4O2/c1-11-9-14(18)5-6-16(11)20-17(23)19-10-15-12(2)21-22(13(15)3)7-8-24-4/h5-6,9H,7-8,10H2,1-4H3,(H2,19,20,23). The molecule has 0 atom stereocenters. The number of nitrogens with zero attached hydrogens (tertiary/aromatic N) is 2. The third-order valence-electron chi connectivity index (χ3n) is 3.90. The van der Waals surface area contributed by atoms with E-state index in [-0.39, 0.29) is 11.8 Å². The van der Waals surface area contributed by atoms with E-state index < -0.39 is 0 Å². The molecule has 0 spiro atoms. The molecule has 0 saturated heterocycles. The van der Waals surface area contributed by atoms with Crippen LogP contribution in [0.4, 0.5) is 14.9 Å². The zero-order chi connectivity index (χ0) is 17.7. The van der Waals surface area contributed by atoms with Gasteiger partial charge in [-0.2, -0.15) is 5.10 Å². The van der Waals surface area contributed by atoms with Crippen LogP contribution in [0.1, 0.15) is 22.5 Å². The number of benzene rings is 1. The molecule has 1 aromatic heterocycles. The van der Waals surface area contributed by atoms with Crippen LogP contribution in [0.15, 0.2) is 18.2 Å². The molecule has 1 aromatic carbocycles. The van der Waals surface area contributed by atoms with Gasteiger partial charge in [-0.25, -0.2) is 9.18 Å². The molecule has 0 aliphatic heterocycles. The molecule has 0 fully saturated rings. The molecule has 2 aromatic rings. The number of methoxy groups -OCH3 is 1. The highest BCUT2D eigenvalue weighted by Crippen LogP contribution is 2.16. The maximum Gasteiger partial charge on any atom is 0.319 e. The third kappa shape index (κ3) is 4.32. The molecule has 0 saturated carbocycles. The first-order chi connectivity index (χ1) is 11.4. The van der Waals surface area contributed by atoms with E-state index in [2.05, 4.69) is 15.7 Å². The molecule has 7 heteroatoms. The maximum absolute atomic E-state index is 13.1. The summed E-state index contributed by atoms with van der Waals surface area (Å²) < 4.78 is 20.0. The number of urea groups is 1. The highest BCUT2D eigenvalue weighted by Gasteiger charge is 2.13. The molecule has 1 heterocycles. The third-order valence-corrected chi connectivity index (χ3v) is 3.90. The van der Waals surface area contributed by atoms with Crippen LogP contribution >= 0.6 is 0 Å². The molecule has 2 amide bonds. The summed E-state index contributed by atoms with van der Waals surface area (Å²) in [6, 6.07) is 3.90. The van der Waals surface area contributed by atoms with Gasteiger partial charge in [0.15, 0.2) is 0 Å². The predicted octanol–water partition coefficient (Wildman–Crippen LogP) is 2.92. The Kier molecular flexibility index (Phi) is 5.92. The van der Waals surface area contributed by atoms with Gasteiger partial charge in [0, 0.05) is 30.6 Å². The van der Waals surface area contributed by atoms with E-state index in [1.54, 1.807) is 20.1 Å². The summed E-state index contributed by atoms with van der Waals surface area (Å²) in [6.45, 7) is 7.25. The Labute approximate surface area is 141 Å². The normalized spacial score (nSPS) is 10.7. The van der Waals surface area contributed by atoms with Gasteiger partial charge >= 0.3 is 6.03 Å². The number of halogens is 1. The second kappa shape index (κ2) is 7.92. The van der Waals surface area contributed by atoms with Gasteiger partial charge in [-0.1, -0.05) is 0 Å². The molecule has 0 bridgehead atoms. The van der Waals surface area contributed by atoms with Crippen molar-refractivity contribution in [2.75, 3.05) is 19.0 Å². The van der Waals surface area contributed by atoms with Crippen molar-refractivity contribution in [1.82, 2.24) is 15.1 Å². The maximum atomic E-state index is 13.1. The zero-order valence-corrected chi connectivity index (χ0v) is 14.4. The van der Waals surface area contributed by atoms with Crippen LogP contribution in [-0.2, 0) is 17.8 Å². The number of rotatable bonds is 6. The van der Waals surface area contributed by atoms with Crippen LogP contribution < -0.4 is 10.6 Å². The van der Waals surface area contributed by atoms with E-state index in [1.807, 2.05) is 18.5 Å². The lowest BCUT2D eigenvalue weighted by atomic mass is 10.2. The minimum Gasteiger partial charge on any atom is -0.383 e. The molecular formula is C17H23FN4O2. The lowest BCUT2D eigenvalue weighted by molar-refractivity contribution is 0.182. The van der Waals surface area contributed by atoms with Crippen molar-refractivity contribution in [3.8, 4) is 0 Å². The van der Waals surface area contributed by atoms with E-state index in [0.29, 0.717) is 30.9 Å². The van der Waals surface area contributed by atoms with Gasteiger partial charge in [0.05, 0.1) is 18.8 Å². The van der Waals surface area contributed by atoms with Crippen LogP contribution in [0.3, 0.4) is 0 Å². The largest absolute Gasteiger partial charge is 0.383 e. The Morgan fingerprint density at radius 2 is 2.08 bits per heavy atom. The second-order valence-corrected chi connectivity index (χ2v) is 5.63. The molecule has 0 aliphatic rings. The minimum atomic E-state index is -0.340. The summed E-state index contributed by atoms with van der Waals surface area (Å²) in [5.74, 6) is -0.326. The zero-order valence-electron chi connectivity index (χ0n) is 14.4. The van der Waals surface area contributed by atoms with Gasteiger partial charge in [-0.15, -0.1) is 0 Å². The minimum absolute atomic E-state index is 0.326. The highest BCUT2D eigenvalue weighted by molar-refractivity contribution is 5.90. The Morgan fingerprint density at radius 1 is 1.33 bits per heavy atom. The lowest BCUT2D eigenvalue weighted by Crippen LogP contribution is -2.29. The van der Waals surface area contributed by atoms with Crippen LogP contribution in [0.5, 0.6) is 0 Å². The predicted molar refractivity (Wildman–Crippen MR) is 90.6 cm³/mol. The second-order valence-electron chi connectivity index (χ2n) is 5.63. The monoisotopic (exact) mass is 334 g/mol. The van der Waals surface area contributed by atoms with E-state index in [9.17, 15) is 9.18 Å². The highest BCUT2D eigenvalue weighted by atomic mass is 19.1. The number of aryl methyl sites for hydroxylation is 2. The number of hydrogen-bond donors (Lipinski definition) is 2. The molecule has 0 radical (unpaired) electrons. The number of anilines is 1. The first-order valence-electron chi connectivity index (χ1n) is 7.75. The van der Waals surface area contributed by atoms with Gasteiger partial charge in [-0.05, 0) is 44.5 Å². The Morgan fingerprint density at radius 3 is 2.75 bits per heavy atom. The van der Waals surface area contributed by atoms with Crippen molar-refractivity contribution in [3.05, 3.63) is 46.5 Å². The molecule has 0 unspecified atom stereocenters. The number of aromatic nitrogens is 2. The SMILES string of the molecule is COCCn1nc(C)c(CNC(=O)Nc2ccc(F)cc2C)c1C. The summed E-state index contributed by atoms with van der Waals surface area (Å²) in [6.07, 6.45) is 0. The summed E-state index contributed by atoms with van der Waals surface area (Å²) in [5, 5.41) is 9.99. The smallest absolute Gasteiger partial charge is 0.319 e. The molecule has 24 heavy (non-hydrogen) atoms. The molecule has 6 nitrogen and oxygen atoms in total. The fourth-order valence-electron chi connectivity index (χ4n) is 2.49. The van der Waals surface area contributed by atoms with Crippen LogP contribution in [0, 0.1) is 26.6 Å². The van der Waals surface area contributed by atoms with Crippen molar-refractivity contribution in [2.45, 2.75) is 33.9 Å². The van der Waals surface area contributed by atoms with Crippen molar-refractivity contribution in [3.63, 3.8) is 0 Å². The van der Waals surface area contributed by atoms with Crippen LogP contribution in [0.2, 0.25) is 0 Å². The van der Waals surface area contributed by atoms with Crippen LogP contribution in [-0.4, -0.2) is 29.5 Å². The Bertz CT molecular complexity index is 728. The summed E-state index contributed by atoms with van der Waals surface area (Å²) in [7, 11) is 1.65. The molecule has 2 rings (SSSR count). The van der Waals surface area contributed by atoms with Crippen LogP contribution in [0.25, 0.3) is 0 Å². The number of nitrogens with one attached hydrogen (secondary N) is 2. The quantitative estimate of drug-likeness (QED) is 0.853. The fraction of sp³-hybridized carbons (Fsp3) is 0.412. The number of carbonyl (C=O) groups is 1. The van der Waals surface area contributed by atoms with E-state index >= 15 is 0 Å². The van der Waals surface area contributed by atoms with Crippen molar-refractivity contribution >= 4 is 11.7 Å². The first kappa shape index (κ1) is 17.9. The Hall–Kier alpha value is -2.41. The average Bonchev–Trinajstić information content (AvgIpc) is 2.80. The van der Waals surface area contributed by atoms with Crippen molar-refractivity contribution in [2.24, 2.45) is 0 Å². The average molecular weight is 334 g/mol.